The molecule has 0 amide bonds. The van der Waals surface area contributed by atoms with Crippen LogP contribution in [0.15, 0.2) is 52.1 Å². The first-order valence-electron chi connectivity index (χ1n) is 7.48. The van der Waals surface area contributed by atoms with E-state index in [2.05, 4.69) is 31.1 Å². The average molecular weight is 403 g/mol. The van der Waals surface area contributed by atoms with Gasteiger partial charge in [-0.05, 0) is 37.3 Å². The Morgan fingerprint density at radius 3 is 2.83 bits per heavy atom. The van der Waals surface area contributed by atoms with Crippen LogP contribution in [0.1, 0.15) is 35.9 Å². The number of hydrogen-bond acceptors (Lipinski definition) is 4. The number of hydrogen-bond donors (Lipinski definition) is 0. The number of alkyl halides is 1. The summed E-state index contributed by atoms with van der Waals surface area (Å²) in [6, 6.07) is 11.7. The van der Waals surface area contributed by atoms with Crippen molar-refractivity contribution in [2.45, 2.75) is 18.8 Å². The lowest BCUT2D eigenvalue weighted by Crippen LogP contribution is -2.10. The smallest absolute Gasteiger partial charge is 0.162 e. The number of rotatable bonds is 2. The molecule has 7 heteroatoms. The Kier molecular flexibility index (Phi) is 3.94. The van der Waals surface area contributed by atoms with Crippen LogP contribution in [-0.4, -0.2) is 25.5 Å². The van der Waals surface area contributed by atoms with E-state index in [0.717, 1.165) is 33.0 Å². The van der Waals surface area contributed by atoms with Gasteiger partial charge in [-0.3, -0.25) is 14.5 Å². The summed E-state index contributed by atoms with van der Waals surface area (Å²) in [4.78, 5) is 9.35. The van der Waals surface area contributed by atoms with Crippen LogP contribution in [0, 0.1) is 0 Å². The normalized spacial score (nSPS) is 16.1. The second kappa shape index (κ2) is 6.11. The third-order valence-electron chi connectivity index (χ3n) is 3.93. The highest BCUT2D eigenvalue weighted by molar-refractivity contribution is 9.10. The highest BCUT2D eigenvalue weighted by atomic mass is 79.9. The largest absolute Gasteiger partial charge is 0.279 e. The lowest BCUT2D eigenvalue weighted by Gasteiger charge is -2.13. The lowest BCUT2D eigenvalue weighted by molar-refractivity contribution is 0.720. The summed E-state index contributed by atoms with van der Waals surface area (Å²) in [6.07, 6.45) is 1.77. The van der Waals surface area contributed by atoms with E-state index >= 15 is 0 Å². The molecular weight excluding hydrogens is 390 g/mol. The van der Waals surface area contributed by atoms with Gasteiger partial charge >= 0.3 is 0 Å². The molecule has 0 saturated carbocycles. The zero-order valence-corrected chi connectivity index (χ0v) is 15.2. The van der Waals surface area contributed by atoms with Gasteiger partial charge in [-0.25, -0.2) is 0 Å². The molecule has 1 atom stereocenters. The number of benzene rings is 1. The van der Waals surface area contributed by atoms with Gasteiger partial charge in [-0.15, -0.1) is 21.8 Å². The molecule has 1 aliphatic rings. The highest BCUT2D eigenvalue weighted by Crippen LogP contribution is 2.32. The van der Waals surface area contributed by atoms with Gasteiger partial charge in [0.05, 0.1) is 23.0 Å². The van der Waals surface area contributed by atoms with Crippen molar-refractivity contribution in [3.63, 3.8) is 0 Å². The molecule has 24 heavy (non-hydrogen) atoms. The van der Waals surface area contributed by atoms with Gasteiger partial charge in [0.25, 0.3) is 0 Å². The fourth-order valence-corrected chi connectivity index (χ4v) is 3.39. The maximum Gasteiger partial charge on any atom is 0.162 e. The van der Waals surface area contributed by atoms with Gasteiger partial charge < -0.3 is 0 Å². The molecule has 120 valence electrons. The van der Waals surface area contributed by atoms with Crippen LogP contribution in [0.4, 0.5) is 0 Å². The molecular formula is C17H13BrClN5. The summed E-state index contributed by atoms with van der Waals surface area (Å²) in [5.74, 6) is 1.76. The Balaban J connectivity index is 2.04. The quantitative estimate of drug-likeness (QED) is 0.607. The summed E-state index contributed by atoms with van der Waals surface area (Å²) in [6.45, 7) is 2.00. The molecule has 1 unspecified atom stereocenters. The molecule has 0 fully saturated rings. The van der Waals surface area contributed by atoms with Crippen molar-refractivity contribution in [2.75, 3.05) is 0 Å². The van der Waals surface area contributed by atoms with E-state index in [4.69, 9.17) is 16.6 Å². The fourth-order valence-electron chi connectivity index (χ4n) is 2.87. The van der Waals surface area contributed by atoms with Gasteiger partial charge in [-0.1, -0.05) is 22.0 Å². The van der Waals surface area contributed by atoms with Crippen LogP contribution < -0.4 is 0 Å². The SMILES string of the molecule is CC1N=C(c2ccccn2)c2ccc(Br)cc2-n2c(CCl)nnc21. The van der Waals surface area contributed by atoms with Gasteiger partial charge in [-0.2, -0.15) is 0 Å². The molecule has 3 aromatic rings. The van der Waals surface area contributed by atoms with Crippen molar-refractivity contribution in [2.24, 2.45) is 4.99 Å². The Morgan fingerprint density at radius 1 is 1.21 bits per heavy atom. The molecule has 0 radical (unpaired) electrons. The topological polar surface area (TPSA) is 56.0 Å². The molecule has 2 aromatic heterocycles. The Morgan fingerprint density at radius 2 is 2.08 bits per heavy atom. The van der Waals surface area contributed by atoms with E-state index < -0.39 is 0 Å². The standard InChI is InChI=1S/C17H13BrClN5/c1-10-17-23-22-15(9-19)24(17)14-8-11(18)5-6-12(14)16(21-10)13-4-2-3-7-20-13/h2-8,10H,9H2,1H3. The third kappa shape index (κ3) is 2.46. The molecule has 0 aliphatic carbocycles. The van der Waals surface area contributed by atoms with Gasteiger partial charge in [0.1, 0.15) is 6.04 Å². The second-order valence-electron chi connectivity index (χ2n) is 5.47. The van der Waals surface area contributed by atoms with Gasteiger partial charge in [0.15, 0.2) is 11.6 Å². The zero-order chi connectivity index (χ0) is 16.7. The first-order valence-corrected chi connectivity index (χ1v) is 8.81. The number of nitrogens with zero attached hydrogens (tertiary/aromatic N) is 5. The molecule has 5 nitrogen and oxygen atoms in total. The average Bonchev–Trinajstić information content (AvgIpc) is 3.00. The molecule has 1 aromatic carbocycles. The van der Waals surface area contributed by atoms with Crippen molar-refractivity contribution >= 4 is 33.2 Å². The maximum atomic E-state index is 6.08. The Labute approximate surface area is 152 Å². The minimum absolute atomic E-state index is 0.155. The van der Waals surface area contributed by atoms with Crippen molar-refractivity contribution < 1.29 is 0 Å². The van der Waals surface area contributed by atoms with Gasteiger partial charge in [0.2, 0.25) is 0 Å². The van der Waals surface area contributed by atoms with Crippen LogP contribution >= 0.6 is 27.5 Å². The zero-order valence-electron chi connectivity index (χ0n) is 12.8. The van der Waals surface area contributed by atoms with Crippen molar-refractivity contribution in [3.05, 3.63) is 70.0 Å². The minimum atomic E-state index is -0.155. The van der Waals surface area contributed by atoms with Crippen LogP contribution in [0.3, 0.4) is 0 Å². The van der Waals surface area contributed by atoms with Crippen molar-refractivity contribution in [1.82, 2.24) is 19.7 Å². The number of fused-ring (bicyclic) bond motifs is 3. The van der Waals surface area contributed by atoms with E-state index in [0.29, 0.717) is 5.82 Å². The van der Waals surface area contributed by atoms with E-state index in [1.807, 2.05) is 47.9 Å². The van der Waals surface area contributed by atoms with Crippen LogP contribution in [-0.2, 0) is 5.88 Å². The van der Waals surface area contributed by atoms with E-state index in [-0.39, 0.29) is 11.9 Å². The fraction of sp³-hybridized carbons (Fsp3) is 0.176. The molecule has 0 N–H and O–H groups in total. The predicted molar refractivity (Wildman–Crippen MR) is 96.9 cm³/mol. The summed E-state index contributed by atoms with van der Waals surface area (Å²) >= 11 is 9.63. The monoisotopic (exact) mass is 401 g/mol. The van der Waals surface area contributed by atoms with Crippen LogP contribution in [0.2, 0.25) is 0 Å². The molecule has 3 heterocycles. The van der Waals surface area contributed by atoms with Crippen molar-refractivity contribution in [3.8, 4) is 5.69 Å². The maximum absolute atomic E-state index is 6.08. The first kappa shape index (κ1) is 15.5. The minimum Gasteiger partial charge on any atom is -0.279 e. The highest BCUT2D eigenvalue weighted by Gasteiger charge is 2.26. The van der Waals surface area contributed by atoms with E-state index in [9.17, 15) is 0 Å². The Bertz CT molecular complexity index is 935. The van der Waals surface area contributed by atoms with Crippen LogP contribution in [0.5, 0.6) is 0 Å². The second-order valence-corrected chi connectivity index (χ2v) is 6.66. The summed E-state index contributed by atoms with van der Waals surface area (Å²) < 4.78 is 2.97. The molecule has 0 bridgehead atoms. The first-order chi connectivity index (χ1) is 11.7. The molecule has 4 rings (SSSR count). The lowest BCUT2D eigenvalue weighted by atomic mass is 10.0. The summed E-state index contributed by atoms with van der Waals surface area (Å²) in [7, 11) is 0. The summed E-state index contributed by atoms with van der Waals surface area (Å²) in [5.41, 5.74) is 3.61. The van der Waals surface area contributed by atoms with E-state index in [1.54, 1.807) is 6.20 Å². The van der Waals surface area contributed by atoms with E-state index in [1.165, 1.54) is 0 Å². The third-order valence-corrected chi connectivity index (χ3v) is 4.67. The number of pyridine rings is 1. The Hall–Kier alpha value is -2.05. The molecule has 1 aliphatic heterocycles. The number of halogens is 2. The van der Waals surface area contributed by atoms with Crippen molar-refractivity contribution in [1.29, 1.82) is 0 Å². The molecule has 0 saturated heterocycles. The van der Waals surface area contributed by atoms with Gasteiger partial charge in [0, 0.05) is 16.2 Å². The molecule has 0 spiro atoms. The van der Waals surface area contributed by atoms with Crippen LogP contribution in [0.25, 0.3) is 5.69 Å². The number of aliphatic imine (C=N–C) groups is 1. The predicted octanol–water partition coefficient (Wildman–Crippen LogP) is 4.08. The summed E-state index contributed by atoms with van der Waals surface area (Å²) in [5, 5.41) is 8.53. The number of aromatic nitrogens is 4.